The van der Waals surface area contributed by atoms with Gasteiger partial charge in [0, 0.05) is 26.0 Å². The van der Waals surface area contributed by atoms with Crippen molar-refractivity contribution >= 4 is 22.6 Å². The summed E-state index contributed by atoms with van der Waals surface area (Å²) in [5, 5.41) is 7.55. The molecular formula is C28H27N3O3. The highest BCUT2D eigenvalue weighted by Gasteiger charge is 2.21. The van der Waals surface area contributed by atoms with E-state index in [0.717, 1.165) is 21.9 Å². The first-order valence-corrected chi connectivity index (χ1v) is 11.3. The van der Waals surface area contributed by atoms with Gasteiger partial charge in [0.25, 0.3) is 11.8 Å². The molecule has 6 heteroatoms. The van der Waals surface area contributed by atoms with Gasteiger partial charge in [0.15, 0.2) is 0 Å². The summed E-state index contributed by atoms with van der Waals surface area (Å²) in [5.74, 6) is -1.03. The van der Waals surface area contributed by atoms with Crippen molar-refractivity contribution in [2.24, 2.45) is 0 Å². The van der Waals surface area contributed by atoms with Crippen LogP contribution in [0, 0.1) is 0 Å². The van der Waals surface area contributed by atoms with Crippen molar-refractivity contribution in [3.63, 3.8) is 0 Å². The summed E-state index contributed by atoms with van der Waals surface area (Å²) in [6.45, 7) is 2.41. The minimum atomic E-state index is -0.585. The van der Waals surface area contributed by atoms with Crippen molar-refractivity contribution in [2.45, 2.75) is 25.9 Å². The first-order chi connectivity index (χ1) is 16.5. The van der Waals surface area contributed by atoms with Crippen LogP contribution >= 0.6 is 0 Å². The Hall–Kier alpha value is -4.19. The molecule has 1 aromatic heterocycles. The molecule has 4 aromatic rings. The second-order valence-electron chi connectivity index (χ2n) is 8.23. The lowest BCUT2D eigenvalue weighted by atomic mass is 9.99. The van der Waals surface area contributed by atoms with Crippen LogP contribution in [0.1, 0.15) is 44.8 Å². The van der Waals surface area contributed by atoms with Crippen LogP contribution in [0.5, 0.6) is 0 Å². The molecule has 34 heavy (non-hydrogen) atoms. The zero-order valence-corrected chi connectivity index (χ0v) is 19.2. The lowest BCUT2D eigenvalue weighted by molar-refractivity contribution is 0.0938. The third-order valence-electron chi connectivity index (χ3n) is 5.93. The number of carbonyl (C=O) groups is 2. The molecule has 0 spiro atoms. The summed E-state index contributed by atoms with van der Waals surface area (Å²) in [7, 11) is 1.46. The van der Waals surface area contributed by atoms with Gasteiger partial charge in [-0.05, 0) is 35.2 Å². The monoisotopic (exact) mass is 453 g/mol. The number of amides is 2. The van der Waals surface area contributed by atoms with Crippen LogP contribution in [0.4, 0.5) is 0 Å². The third-order valence-corrected chi connectivity index (χ3v) is 5.93. The summed E-state index contributed by atoms with van der Waals surface area (Å²) in [4.78, 5) is 38.6. The summed E-state index contributed by atoms with van der Waals surface area (Å²) in [6.07, 6.45) is 3.74. The molecule has 0 bridgehead atoms. The molecule has 0 saturated heterocycles. The number of hydrogen-bond acceptors (Lipinski definition) is 3. The summed E-state index contributed by atoms with van der Waals surface area (Å²) in [5.41, 5.74) is 1.39. The van der Waals surface area contributed by atoms with E-state index in [-0.39, 0.29) is 17.2 Å². The van der Waals surface area contributed by atoms with E-state index in [4.69, 9.17) is 0 Å². The Balaban J connectivity index is 1.64. The minimum absolute atomic E-state index is 0.0544. The van der Waals surface area contributed by atoms with Crippen LogP contribution < -0.4 is 16.1 Å². The maximum absolute atomic E-state index is 13.2. The van der Waals surface area contributed by atoms with Gasteiger partial charge in [0.05, 0.1) is 6.04 Å². The Bertz CT molecular complexity index is 1390. The molecule has 2 N–H and O–H groups in total. The second-order valence-corrected chi connectivity index (χ2v) is 8.23. The fourth-order valence-electron chi connectivity index (χ4n) is 4.10. The van der Waals surface area contributed by atoms with Crippen molar-refractivity contribution in [3.05, 3.63) is 118 Å². The van der Waals surface area contributed by atoms with E-state index in [1.807, 2.05) is 79.7 Å². The molecule has 0 aliphatic heterocycles. The molecule has 1 unspecified atom stereocenters. The van der Waals surface area contributed by atoms with Gasteiger partial charge in [0.1, 0.15) is 11.1 Å². The predicted octanol–water partition coefficient (Wildman–Crippen LogP) is 4.09. The average molecular weight is 454 g/mol. The molecule has 0 aliphatic carbocycles. The van der Waals surface area contributed by atoms with E-state index in [0.29, 0.717) is 13.0 Å². The Morgan fingerprint density at radius 1 is 0.853 bits per heavy atom. The van der Waals surface area contributed by atoms with E-state index >= 15 is 0 Å². The van der Waals surface area contributed by atoms with Crippen LogP contribution in [-0.4, -0.2) is 23.4 Å². The molecule has 2 amide bonds. The number of nitrogens with zero attached hydrogens (tertiary/aromatic N) is 1. The topological polar surface area (TPSA) is 80.2 Å². The summed E-state index contributed by atoms with van der Waals surface area (Å²) < 4.78 is 1.73. The Morgan fingerprint density at radius 3 is 2.24 bits per heavy atom. The van der Waals surface area contributed by atoms with Crippen LogP contribution in [0.25, 0.3) is 10.8 Å². The number of nitrogens with one attached hydrogen (secondary N) is 2. The van der Waals surface area contributed by atoms with E-state index in [2.05, 4.69) is 10.6 Å². The SMILES string of the molecule is CNC(=O)c1cn(CCc2ccccc2)cc(C(=O)NC(C)c2cccc3ccccc23)c1=O. The molecule has 4 rings (SSSR count). The van der Waals surface area contributed by atoms with Crippen molar-refractivity contribution in [1.82, 2.24) is 15.2 Å². The van der Waals surface area contributed by atoms with Crippen LogP contribution in [0.3, 0.4) is 0 Å². The molecule has 0 fully saturated rings. The van der Waals surface area contributed by atoms with E-state index in [1.165, 1.54) is 19.4 Å². The fraction of sp³-hybridized carbons (Fsp3) is 0.179. The lowest BCUT2D eigenvalue weighted by Gasteiger charge is -2.17. The number of fused-ring (bicyclic) bond motifs is 1. The zero-order chi connectivity index (χ0) is 24.1. The number of aryl methyl sites for hydroxylation is 2. The van der Waals surface area contributed by atoms with Crippen molar-refractivity contribution in [3.8, 4) is 0 Å². The van der Waals surface area contributed by atoms with E-state index in [1.54, 1.807) is 4.57 Å². The van der Waals surface area contributed by atoms with Crippen molar-refractivity contribution < 1.29 is 9.59 Å². The summed E-state index contributed by atoms with van der Waals surface area (Å²) >= 11 is 0. The normalized spacial score (nSPS) is 11.7. The average Bonchev–Trinajstić information content (AvgIpc) is 2.87. The van der Waals surface area contributed by atoms with Crippen LogP contribution in [0.15, 0.2) is 90.0 Å². The first kappa shape index (κ1) is 23.0. The van der Waals surface area contributed by atoms with Crippen molar-refractivity contribution in [1.29, 1.82) is 0 Å². The Morgan fingerprint density at radius 2 is 1.50 bits per heavy atom. The van der Waals surface area contributed by atoms with Gasteiger partial charge in [0.2, 0.25) is 5.43 Å². The maximum Gasteiger partial charge on any atom is 0.257 e. The van der Waals surface area contributed by atoms with Crippen molar-refractivity contribution in [2.75, 3.05) is 7.05 Å². The highest BCUT2D eigenvalue weighted by molar-refractivity contribution is 5.99. The van der Waals surface area contributed by atoms with Gasteiger partial charge in [-0.2, -0.15) is 0 Å². The standard InChI is InChI=1S/C28H27N3O3/c1-19(22-14-8-12-21-11-6-7-13-23(21)22)30-28(34)25-18-31(16-15-20-9-4-3-5-10-20)17-24(26(25)32)27(33)29-2/h3-14,17-19H,15-16H2,1-2H3,(H,29,33)(H,30,34). The second kappa shape index (κ2) is 10.2. The zero-order valence-electron chi connectivity index (χ0n) is 19.2. The molecular weight excluding hydrogens is 426 g/mol. The van der Waals surface area contributed by atoms with Crippen LogP contribution in [-0.2, 0) is 13.0 Å². The fourth-order valence-corrected chi connectivity index (χ4v) is 4.10. The van der Waals surface area contributed by atoms with Gasteiger partial charge in [-0.1, -0.05) is 72.8 Å². The number of pyridine rings is 1. The van der Waals surface area contributed by atoms with E-state index in [9.17, 15) is 14.4 Å². The van der Waals surface area contributed by atoms with Gasteiger partial charge >= 0.3 is 0 Å². The number of aromatic nitrogens is 1. The van der Waals surface area contributed by atoms with Gasteiger partial charge in [-0.15, -0.1) is 0 Å². The number of hydrogen-bond donors (Lipinski definition) is 2. The number of carbonyl (C=O) groups excluding carboxylic acids is 2. The van der Waals surface area contributed by atoms with Gasteiger partial charge < -0.3 is 15.2 Å². The smallest absolute Gasteiger partial charge is 0.257 e. The lowest BCUT2D eigenvalue weighted by Crippen LogP contribution is -2.35. The quantitative estimate of drug-likeness (QED) is 0.442. The first-order valence-electron chi connectivity index (χ1n) is 11.3. The molecule has 3 aromatic carbocycles. The molecule has 1 heterocycles. The minimum Gasteiger partial charge on any atom is -0.355 e. The molecule has 0 saturated carbocycles. The summed E-state index contributed by atoms with van der Waals surface area (Å²) in [6, 6.07) is 23.5. The largest absolute Gasteiger partial charge is 0.355 e. The number of benzene rings is 3. The molecule has 0 aliphatic rings. The molecule has 172 valence electrons. The Labute approximate surface area is 198 Å². The van der Waals surface area contributed by atoms with Crippen LogP contribution in [0.2, 0.25) is 0 Å². The molecule has 1 atom stereocenters. The van der Waals surface area contributed by atoms with E-state index < -0.39 is 17.2 Å². The van der Waals surface area contributed by atoms with Gasteiger partial charge in [-0.25, -0.2) is 0 Å². The van der Waals surface area contributed by atoms with Gasteiger partial charge in [-0.3, -0.25) is 14.4 Å². The molecule has 6 nitrogen and oxygen atoms in total. The number of rotatable bonds is 7. The molecule has 0 radical (unpaired) electrons. The maximum atomic E-state index is 13.2. The Kier molecular flexibility index (Phi) is 6.87. The predicted molar refractivity (Wildman–Crippen MR) is 134 cm³/mol. The third kappa shape index (κ3) is 4.91. The highest BCUT2D eigenvalue weighted by atomic mass is 16.2. The highest BCUT2D eigenvalue weighted by Crippen LogP contribution is 2.24.